The molecule has 0 amide bonds. The molecule has 0 spiro atoms. The molecule has 2 aromatic rings. The lowest BCUT2D eigenvalue weighted by atomic mass is 10.0. The third-order valence-corrected chi connectivity index (χ3v) is 2.80. The average Bonchev–Trinajstić information content (AvgIpc) is 2.52. The largest absolute Gasteiger partial charge is 0.478 e. The molecule has 21 heavy (non-hydrogen) atoms. The molecule has 0 heterocycles. The van der Waals surface area contributed by atoms with E-state index < -0.39 is 18.0 Å². The van der Waals surface area contributed by atoms with Gasteiger partial charge in [-0.2, -0.15) is 0 Å². The summed E-state index contributed by atoms with van der Waals surface area (Å²) < 4.78 is 5.38. The van der Waals surface area contributed by atoms with Crippen molar-refractivity contribution >= 4 is 11.9 Å². The number of ether oxygens (including phenoxy) is 1. The minimum absolute atomic E-state index is 0.571. The van der Waals surface area contributed by atoms with Gasteiger partial charge in [0, 0.05) is 12.2 Å². The van der Waals surface area contributed by atoms with E-state index in [1.54, 1.807) is 0 Å². The normalized spacial score (nSPS) is 10.7. The number of esters is 1. The van der Waals surface area contributed by atoms with E-state index in [9.17, 15) is 9.59 Å². The van der Waals surface area contributed by atoms with Crippen LogP contribution in [0.2, 0.25) is 0 Å². The number of hydrogen-bond acceptors (Lipinski definition) is 3. The first-order chi connectivity index (χ1) is 10.2. The van der Waals surface area contributed by atoms with E-state index in [1.807, 2.05) is 60.7 Å². The Kier molecular flexibility index (Phi) is 4.88. The fourth-order valence-corrected chi connectivity index (χ4v) is 1.88. The summed E-state index contributed by atoms with van der Waals surface area (Å²) in [6, 6.07) is 18.6. The fraction of sp³-hybridized carbons (Fsp3) is 0.0588. The molecule has 0 unspecified atom stereocenters. The topological polar surface area (TPSA) is 63.6 Å². The molecule has 1 N–H and O–H groups in total. The van der Waals surface area contributed by atoms with Crippen molar-refractivity contribution in [2.75, 3.05) is 0 Å². The maximum Gasteiger partial charge on any atom is 0.331 e. The SMILES string of the molecule is O=C(O)/C=C\C(=O)OC(c1ccccc1)c1ccccc1. The zero-order valence-corrected chi connectivity index (χ0v) is 11.2. The van der Waals surface area contributed by atoms with Crippen LogP contribution in [0.4, 0.5) is 0 Å². The molecule has 0 saturated carbocycles. The van der Waals surface area contributed by atoms with Crippen LogP contribution >= 0.6 is 0 Å². The number of carbonyl (C=O) groups is 2. The molecule has 0 fully saturated rings. The molecule has 0 aliphatic heterocycles. The van der Waals surface area contributed by atoms with Crippen molar-refractivity contribution in [3.8, 4) is 0 Å². The smallest absolute Gasteiger partial charge is 0.331 e. The number of aliphatic carboxylic acids is 1. The molecular weight excluding hydrogens is 268 g/mol. The summed E-state index contributed by atoms with van der Waals surface area (Å²) in [6.45, 7) is 0. The van der Waals surface area contributed by atoms with Crippen molar-refractivity contribution in [1.29, 1.82) is 0 Å². The van der Waals surface area contributed by atoms with Crippen LogP contribution in [0.1, 0.15) is 17.2 Å². The maximum atomic E-state index is 11.7. The van der Waals surface area contributed by atoms with Crippen molar-refractivity contribution in [3.63, 3.8) is 0 Å². The lowest BCUT2D eigenvalue weighted by molar-refractivity contribution is -0.142. The third kappa shape index (κ3) is 4.31. The lowest BCUT2D eigenvalue weighted by Crippen LogP contribution is -2.11. The average molecular weight is 282 g/mol. The van der Waals surface area contributed by atoms with Gasteiger partial charge < -0.3 is 9.84 Å². The van der Waals surface area contributed by atoms with Crippen molar-refractivity contribution in [3.05, 3.63) is 83.9 Å². The van der Waals surface area contributed by atoms with Gasteiger partial charge in [0.15, 0.2) is 6.10 Å². The Labute approximate surface area is 122 Å². The van der Waals surface area contributed by atoms with E-state index in [0.717, 1.165) is 23.3 Å². The number of rotatable bonds is 5. The molecule has 0 atom stereocenters. The molecule has 0 bridgehead atoms. The molecule has 0 radical (unpaired) electrons. The quantitative estimate of drug-likeness (QED) is 0.676. The Bertz CT molecular complexity index is 593. The molecule has 2 aromatic carbocycles. The van der Waals surface area contributed by atoms with E-state index in [4.69, 9.17) is 9.84 Å². The number of hydrogen-bond donors (Lipinski definition) is 1. The summed E-state index contributed by atoms with van der Waals surface area (Å²) in [4.78, 5) is 22.2. The van der Waals surface area contributed by atoms with E-state index >= 15 is 0 Å². The van der Waals surface area contributed by atoms with Crippen molar-refractivity contribution in [1.82, 2.24) is 0 Å². The predicted octanol–water partition coefficient (Wildman–Crippen LogP) is 2.96. The summed E-state index contributed by atoms with van der Waals surface area (Å²) >= 11 is 0. The van der Waals surface area contributed by atoms with Gasteiger partial charge in [0.05, 0.1) is 0 Å². The van der Waals surface area contributed by atoms with Crippen molar-refractivity contribution < 1.29 is 19.4 Å². The summed E-state index contributed by atoms with van der Waals surface area (Å²) in [7, 11) is 0. The van der Waals surface area contributed by atoms with Crippen LogP contribution in [0.25, 0.3) is 0 Å². The van der Waals surface area contributed by atoms with Gasteiger partial charge in [0.1, 0.15) is 0 Å². The Morgan fingerprint density at radius 2 is 1.33 bits per heavy atom. The summed E-state index contributed by atoms with van der Waals surface area (Å²) in [6.07, 6.45) is 1.09. The van der Waals surface area contributed by atoms with Gasteiger partial charge in [-0.15, -0.1) is 0 Å². The van der Waals surface area contributed by atoms with Gasteiger partial charge in [-0.3, -0.25) is 0 Å². The fourth-order valence-electron chi connectivity index (χ4n) is 1.88. The van der Waals surface area contributed by atoms with Gasteiger partial charge in [-0.1, -0.05) is 60.7 Å². The second-order valence-electron chi connectivity index (χ2n) is 4.31. The summed E-state index contributed by atoms with van der Waals surface area (Å²) in [5, 5.41) is 8.54. The summed E-state index contributed by atoms with van der Waals surface area (Å²) in [5.74, 6) is -1.89. The highest BCUT2D eigenvalue weighted by atomic mass is 16.5. The Hall–Kier alpha value is -2.88. The number of benzene rings is 2. The van der Waals surface area contributed by atoms with Crippen LogP contribution in [0.3, 0.4) is 0 Å². The van der Waals surface area contributed by atoms with Crippen LogP contribution in [0.5, 0.6) is 0 Å². The van der Waals surface area contributed by atoms with E-state index in [1.165, 1.54) is 0 Å². The van der Waals surface area contributed by atoms with Crippen LogP contribution in [-0.4, -0.2) is 17.0 Å². The van der Waals surface area contributed by atoms with E-state index in [2.05, 4.69) is 0 Å². The number of carboxylic acid groups (broad SMARTS) is 1. The Morgan fingerprint density at radius 3 is 1.76 bits per heavy atom. The van der Waals surface area contributed by atoms with Gasteiger partial charge in [0.25, 0.3) is 0 Å². The molecule has 0 aliphatic carbocycles. The zero-order valence-electron chi connectivity index (χ0n) is 11.2. The van der Waals surface area contributed by atoms with Gasteiger partial charge in [-0.05, 0) is 11.1 Å². The first-order valence-corrected chi connectivity index (χ1v) is 6.38. The molecule has 0 saturated heterocycles. The summed E-state index contributed by atoms with van der Waals surface area (Å²) in [5.41, 5.74) is 1.64. The Morgan fingerprint density at radius 1 is 0.857 bits per heavy atom. The molecule has 0 aromatic heterocycles. The number of carboxylic acids is 1. The molecule has 4 heteroatoms. The van der Waals surface area contributed by atoms with Crippen molar-refractivity contribution in [2.45, 2.75) is 6.10 Å². The maximum absolute atomic E-state index is 11.7. The first kappa shape index (κ1) is 14.5. The highest BCUT2D eigenvalue weighted by Crippen LogP contribution is 2.25. The predicted molar refractivity (Wildman–Crippen MR) is 77.6 cm³/mol. The van der Waals surface area contributed by atoms with Gasteiger partial charge >= 0.3 is 11.9 Å². The standard InChI is InChI=1S/C17H14O4/c18-15(19)11-12-16(20)21-17(13-7-3-1-4-8-13)14-9-5-2-6-10-14/h1-12,17H,(H,18,19)/b12-11-. The highest BCUT2D eigenvalue weighted by molar-refractivity contribution is 5.90. The van der Waals surface area contributed by atoms with Gasteiger partial charge in [-0.25, -0.2) is 9.59 Å². The molecule has 0 aliphatic rings. The van der Waals surface area contributed by atoms with E-state index in [-0.39, 0.29) is 0 Å². The minimum Gasteiger partial charge on any atom is -0.478 e. The van der Waals surface area contributed by atoms with Crippen LogP contribution < -0.4 is 0 Å². The minimum atomic E-state index is -1.19. The van der Waals surface area contributed by atoms with Crippen LogP contribution in [0.15, 0.2) is 72.8 Å². The third-order valence-electron chi connectivity index (χ3n) is 2.80. The lowest BCUT2D eigenvalue weighted by Gasteiger charge is -2.17. The second kappa shape index (κ2) is 7.05. The van der Waals surface area contributed by atoms with Gasteiger partial charge in [0.2, 0.25) is 0 Å². The molecule has 106 valence electrons. The highest BCUT2D eigenvalue weighted by Gasteiger charge is 2.17. The molecular formula is C17H14O4. The second-order valence-corrected chi connectivity index (χ2v) is 4.31. The molecule has 4 nitrogen and oxygen atoms in total. The number of carbonyl (C=O) groups excluding carboxylic acids is 1. The van der Waals surface area contributed by atoms with E-state index in [0.29, 0.717) is 0 Å². The first-order valence-electron chi connectivity index (χ1n) is 6.38. The van der Waals surface area contributed by atoms with Crippen LogP contribution in [0, 0.1) is 0 Å². The van der Waals surface area contributed by atoms with Crippen molar-refractivity contribution in [2.24, 2.45) is 0 Å². The monoisotopic (exact) mass is 282 g/mol. The Balaban J connectivity index is 2.25. The van der Waals surface area contributed by atoms with Crippen LogP contribution in [-0.2, 0) is 14.3 Å². The molecule has 2 rings (SSSR count). The zero-order chi connectivity index (χ0) is 15.1.